The maximum Gasteiger partial charge on any atom is 0.271 e. The third kappa shape index (κ3) is 3.12. The fourth-order valence-electron chi connectivity index (χ4n) is 2.51. The van der Waals surface area contributed by atoms with Crippen LogP contribution in [0.2, 0.25) is 0 Å². The number of carbonyl (C=O) groups is 1. The molecule has 2 aromatic heterocycles. The molecule has 2 heterocycles. The number of nitrogens with one attached hydrogen (secondary N) is 2. The third-order valence-corrected chi connectivity index (χ3v) is 4.94. The Labute approximate surface area is 139 Å². The number of hydrogen-bond acceptors (Lipinski definition) is 4. The number of nitrogens with zero attached hydrogens (tertiary/aromatic N) is 2. The predicted molar refractivity (Wildman–Crippen MR) is 92.9 cm³/mol. The Morgan fingerprint density at radius 3 is 2.65 bits per heavy atom. The molecule has 120 valence electrons. The van der Waals surface area contributed by atoms with E-state index in [1.165, 1.54) is 0 Å². The predicted octanol–water partition coefficient (Wildman–Crippen LogP) is 3.94. The highest BCUT2D eigenvalue weighted by atomic mass is 32.1. The molecule has 3 aromatic rings. The first kappa shape index (κ1) is 15.7. The molecule has 1 aromatic carbocycles. The zero-order valence-corrected chi connectivity index (χ0v) is 14.5. The summed E-state index contributed by atoms with van der Waals surface area (Å²) in [4.78, 5) is 25.8. The number of carbonyl (C=O) groups excluding carboxylic acids is 1. The van der Waals surface area contributed by atoms with Crippen molar-refractivity contribution in [1.29, 1.82) is 0 Å². The summed E-state index contributed by atoms with van der Waals surface area (Å²) in [6.45, 7) is 8.00. The van der Waals surface area contributed by atoms with Crippen molar-refractivity contribution in [3.8, 4) is 0 Å². The topological polar surface area (TPSA) is 70.7 Å². The highest BCUT2D eigenvalue weighted by Gasteiger charge is 2.21. The Kier molecular flexibility index (Phi) is 4.17. The summed E-state index contributed by atoms with van der Waals surface area (Å²) in [5.74, 6) is 0.882. The standard InChI is InChI=1S/C17H20N4OS/c1-9(2)15-14(19-11(4)23-15)17(22)18-10(3)16-20-12-7-5-6-8-13(12)21-16/h5-10H,1-4H3,(H,18,22)(H,20,21)/t10-/m0/s1. The van der Waals surface area contributed by atoms with E-state index in [2.05, 4.69) is 34.1 Å². The van der Waals surface area contributed by atoms with Crippen LogP contribution in [0.4, 0.5) is 0 Å². The maximum absolute atomic E-state index is 12.6. The van der Waals surface area contributed by atoms with Crippen LogP contribution >= 0.6 is 11.3 Å². The first-order valence-corrected chi connectivity index (χ1v) is 8.50. The minimum Gasteiger partial charge on any atom is -0.341 e. The molecule has 0 aliphatic rings. The number of aromatic nitrogens is 3. The van der Waals surface area contributed by atoms with Gasteiger partial charge in [0.2, 0.25) is 0 Å². The first-order valence-electron chi connectivity index (χ1n) is 7.68. The molecular formula is C17H20N4OS. The van der Waals surface area contributed by atoms with Gasteiger partial charge in [-0.05, 0) is 31.9 Å². The number of amides is 1. The van der Waals surface area contributed by atoms with Gasteiger partial charge in [-0.3, -0.25) is 4.79 Å². The minimum absolute atomic E-state index is 0.147. The first-order chi connectivity index (χ1) is 11.0. The normalized spacial score (nSPS) is 12.7. The average molecular weight is 328 g/mol. The number of thiazole rings is 1. The van der Waals surface area contributed by atoms with Crippen molar-refractivity contribution in [2.45, 2.75) is 39.7 Å². The van der Waals surface area contributed by atoms with E-state index in [1.807, 2.05) is 38.1 Å². The van der Waals surface area contributed by atoms with E-state index in [0.29, 0.717) is 5.69 Å². The van der Waals surface area contributed by atoms with Crippen LogP contribution < -0.4 is 5.32 Å². The van der Waals surface area contributed by atoms with E-state index < -0.39 is 0 Å². The van der Waals surface area contributed by atoms with Gasteiger partial charge in [0, 0.05) is 4.88 Å². The number of fused-ring (bicyclic) bond motifs is 1. The Hall–Kier alpha value is -2.21. The van der Waals surface area contributed by atoms with Gasteiger partial charge in [0.15, 0.2) is 0 Å². The summed E-state index contributed by atoms with van der Waals surface area (Å²) in [7, 11) is 0. The van der Waals surface area contributed by atoms with Crippen molar-refractivity contribution in [2.75, 3.05) is 0 Å². The summed E-state index contributed by atoms with van der Waals surface area (Å²) >= 11 is 1.58. The molecule has 0 radical (unpaired) electrons. The van der Waals surface area contributed by atoms with E-state index in [9.17, 15) is 4.79 Å². The largest absolute Gasteiger partial charge is 0.341 e. The molecule has 1 atom stereocenters. The number of H-pyrrole nitrogens is 1. The Morgan fingerprint density at radius 1 is 1.22 bits per heavy atom. The molecule has 5 nitrogen and oxygen atoms in total. The van der Waals surface area contributed by atoms with E-state index in [0.717, 1.165) is 26.7 Å². The van der Waals surface area contributed by atoms with E-state index >= 15 is 0 Å². The number of rotatable bonds is 4. The van der Waals surface area contributed by atoms with Crippen LogP contribution in [0.3, 0.4) is 0 Å². The molecule has 6 heteroatoms. The molecule has 0 aliphatic carbocycles. The van der Waals surface area contributed by atoms with Crippen molar-refractivity contribution >= 4 is 28.3 Å². The third-order valence-electron chi connectivity index (χ3n) is 3.67. The fourth-order valence-corrected chi connectivity index (χ4v) is 3.43. The highest BCUT2D eigenvalue weighted by molar-refractivity contribution is 7.12. The molecular weight excluding hydrogens is 308 g/mol. The lowest BCUT2D eigenvalue weighted by Crippen LogP contribution is -2.28. The fraction of sp³-hybridized carbons (Fsp3) is 0.353. The van der Waals surface area contributed by atoms with Gasteiger partial charge in [0.1, 0.15) is 11.5 Å². The molecule has 0 bridgehead atoms. The van der Waals surface area contributed by atoms with Crippen LogP contribution in [-0.2, 0) is 0 Å². The number of para-hydroxylation sites is 2. The summed E-state index contributed by atoms with van der Waals surface area (Å²) in [6, 6.07) is 7.62. The molecule has 0 unspecified atom stereocenters. The zero-order valence-electron chi connectivity index (χ0n) is 13.7. The lowest BCUT2D eigenvalue weighted by atomic mass is 10.1. The molecule has 0 aliphatic heterocycles. The van der Waals surface area contributed by atoms with Crippen molar-refractivity contribution in [3.63, 3.8) is 0 Å². The van der Waals surface area contributed by atoms with Gasteiger partial charge in [-0.25, -0.2) is 9.97 Å². The number of imidazole rings is 1. The minimum atomic E-state index is -0.211. The van der Waals surface area contributed by atoms with Gasteiger partial charge >= 0.3 is 0 Å². The number of hydrogen-bond donors (Lipinski definition) is 2. The van der Waals surface area contributed by atoms with Crippen molar-refractivity contribution < 1.29 is 4.79 Å². The monoisotopic (exact) mass is 328 g/mol. The Bertz CT molecular complexity index is 816. The van der Waals surface area contributed by atoms with Gasteiger partial charge in [0.25, 0.3) is 5.91 Å². The quantitative estimate of drug-likeness (QED) is 0.762. The summed E-state index contributed by atoms with van der Waals surface area (Å²) in [5.41, 5.74) is 2.40. The summed E-state index contributed by atoms with van der Waals surface area (Å²) in [5, 5.41) is 3.91. The summed E-state index contributed by atoms with van der Waals surface area (Å²) < 4.78 is 0. The second-order valence-corrected chi connectivity index (χ2v) is 7.17. The van der Waals surface area contributed by atoms with Gasteiger partial charge in [-0.2, -0.15) is 0 Å². The lowest BCUT2D eigenvalue weighted by molar-refractivity contribution is 0.0932. The molecule has 0 fully saturated rings. The van der Waals surface area contributed by atoms with E-state index in [1.54, 1.807) is 11.3 Å². The highest BCUT2D eigenvalue weighted by Crippen LogP contribution is 2.26. The average Bonchev–Trinajstić information content (AvgIpc) is 3.10. The lowest BCUT2D eigenvalue weighted by Gasteiger charge is -2.12. The smallest absolute Gasteiger partial charge is 0.271 e. The van der Waals surface area contributed by atoms with Crippen LogP contribution in [0.1, 0.15) is 58.9 Å². The van der Waals surface area contributed by atoms with Crippen LogP contribution in [0.5, 0.6) is 0 Å². The maximum atomic E-state index is 12.6. The number of aromatic amines is 1. The molecule has 0 saturated heterocycles. The van der Waals surface area contributed by atoms with Gasteiger partial charge in [-0.1, -0.05) is 26.0 Å². The molecule has 0 saturated carbocycles. The van der Waals surface area contributed by atoms with Crippen LogP contribution in [0.25, 0.3) is 11.0 Å². The second-order valence-electron chi connectivity index (χ2n) is 5.93. The van der Waals surface area contributed by atoms with Gasteiger partial charge in [0.05, 0.1) is 22.1 Å². The van der Waals surface area contributed by atoms with E-state index in [4.69, 9.17) is 0 Å². The van der Waals surface area contributed by atoms with Crippen molar-refractivity contribution in [3.05, 3.63) is 45.7 Å². The van der Waals surface area contributed by atoms with Crippen molar-refractivity contribution in [2.24, 2.45) is 0 Å². The van der Waals surface area contributed by atoms with Gasteiger partial charge < -0.3 is 10.3 Å². The van der Waals surface area contributed by atoms with Crippen LogP contribution in [-0.4, -0.2) is 20.9 Å². The zero-order chi connectivity index (χ0) is 16.6. The molecule has 23 heavy (non-hydrogen) atoms. The van der Waals surface area contributed by atoms with Crippen molar-refractivity contribution in [1.82, 2.24) is 20.3 Å². The van der Waals surface area contributed by atoms with E-state index in [-0.39, 0.29) is 17.9 Å². The SMILES string of the molecule is Cc1nc(C(=O)N[C@@H](C)c2nc3ccccc3[nH]2)c(C(C)C)s1. The van der Waals surface area contributed by atoms with Gasteiger partial charge in [-0.15, -0.1) is 11.3 Å². The Balaban J connectivity index is 1.82. The molecule has 3 rings (SSSR count). The second kappa shape index (κ2) is 6.12. The van der Waals surface area contributed by atoms with Crippen LogP contribution in [0.15, 0.2) is 24.3 Å². The number of aryl methyl sites for hydroxylation is 1. The molecule has 1 amide bonds. The number of benzene rings is 1. The summed E-state index contributed by atoms with van der Waals surface area (Å²) in [6.07, 6.45) is 0. The Morgan fingerprint density at radius 2 is 1.96 bits per heavy atom. The molecule has 0 spiro atoms. The molecule has 2 N–H and O–H groups in total. The van der Waals surface area contributed by atoms with Crippen LogP contribution in [0, 0.1) is 6.92 Å².